The first-order valence-electron chi connectivity index (χ1n) is 4.68. The maximum absolute atomic E-state index is 11.4. The summed E-state index contributed by atoms with van der Waals surface area (Å²) < 4.78 is 0. The van der Waals surface area contributed by atoms with Crippen molar-refractivity contribution in [3.63, 3.8) is 0 Å². The number of carbonyl (C=O) groups excluding carboxylic acids is 2. The summed E-state index contributed by atoms with van der Waals surface area (Å²) in [6.07, 6.45) is -0.529. The van der Waals surface area contributed by atoms with E-state index >= 15 is 0 Å². The Morgan fingerprint density at radius 2 is 2.00 bits per heavy atom. The Hall–Kier alpha value is -2.07. The zero-order chi connectivity index (χ0) is 11.5. The van der Waals surface area contributed by atoms with Crippen molar-refractivity contribution in [3.05, 3.63) is 42.1 Å². The number of carbonyl (C=O) groups is 1. The highest BCUT2D eigenvalue weighted by atomic mass is 16.3. The minimum absolute atomic E-state index is 0.0644. The Morgan fingerprint density at radius 3 is 2.75 bits per heavy atom. The SMILES string of the molecule is O=[C]C(O)C(=O)c1ccc2ccccc2n1. The zero-order valence-electron chi connectivity index (χ0n) is 8.25. The normalized spacial score (nSPS) is 12.3. The van der Waals surface area contributed by atoms with Crippen LogP contribution in [0.4, 0.5) is 0 Å². The van der Waals surface area contributed by atoms with E-state index in [2.05, 4.69) is 4.98 Å². The smallest absolute Gasteiger partial charge is 0.238 e. The van der Waals surface area contributed by atoms with E-state index in [0.29, 0.717) is 5.52 Å². The van der Waals surface area contributed by atoms with Gasteiger partial charge in [0.2, 0.25) is 12.1 Å². The number of aliphatic hydroxyl groups is 1. The van der Waals surface area contributed by atoms with Crippen molar-refractivity contribution >= 4 is 23.0 Å². The molecule has 4 nitrogen and oxygen atoms in total. The van der Waals surface area contributed by atoms with Crippen LogP contribution in [0.3, 0.4) is 0 Å². The van der Waals surface area contributed by atoms with Gasteiger partial charge in [-0.15, -0.1) is 0 Å². The fourth-order valence-electron chi connectivity index (χ4n) is 1.40. The van der Waals surface area contributed by atoms with E-state index in [0.717, 1.165) is 5.39 Å². The minimum atomic E-state index is -1.76. The van der Waals surface area contributed by atoms with Crippen LogP contribution in [-0.4, -0.2) is 28.3 Å². The molecule has 0 bridgehead atoms. The van der Waals surface area contributed by atoms with Gasteiger partial charge in [-0.3, -0.25) is 9.59 Å². The molecular formula is C12H8NO3. The summed E-state index contributed by atoms with van der Waals surface area (Å²) in [6, 6.07) is 10.5. The Bertz CT molecular complexity index is 551. The third-order valence-corrected chi connectivity index (χ3v) is 2.21. The van der Waals surface area contributed by atoms with Gasteiger partial charge in [-0.05, 0) is 12.1 Å². The maximum atomic E-state index is 11.4. The van der Waals surface area contributed by atoms with Gasteiger partial charge in [0.1, 0.15) is 5.69 Å². The Balaban J connectivity index is 2.47. The average molecular weight is 214 g/mol. The number of ketones is 1. The van der Waals surface area contributed by atoms with Crippen molar-refractivity contribution in [3.8, 4) is 0 Å². The highest BCUT2D eigenvalue weighted by Gasteiger charge is 2.18. The van der Waals surface area contributed by atoms with E-state index < -0.39 is 11.9 Å². The van der Waals surface area contributed by atoms with Gasteiger partial charge in [0.05, 0.1) is 5.52 Å². The summed E-state index contributed by atoms with van der Waals surface area (Å²) in [5.74, 6) is -0.735. The van der Waals surface area contributed by atoms with E-state index in [1.54, 1.807) is 18.2 Å². The number of hydrogen-bond acceptors (Lipinski definition) is 4. The number of Topliss-reactive ketones (excluding diaryl/α,β-unsaturated/α-hetero) is 1. The highest BCUT2D eigenvalue weighted by Crippen LogP contribution is 2.12. The molecule has 1 aromatic carbocycles. The molecule has 0 aliphatic heterocycles. The van der Waals surface area contributed by atoms with E-state index in [4.69, 9.17) is 5.11 Å². The third-order valence-electron chi connectivity index (χ3n) is 2.21. The van der Waals surface area contributed by atoms with Gasteiger partial charge in [0, 0.05) is 5.39 Å². The molecule has 1 atom stereocenters. The van der Waals surface area contributed by atoms with Gasteiger partial charge in [-0.2, -0.15) is 0 Å². The molecule has 1 aromatic heterocycles. The predicted octanol–water partition coefficient (Wildman–Crippen LogP) is 0.888. The van der Waals surface area contributed by atoms with Crippen LogP contribution in [0.1, 0.15) is 10.5 Å². The molecule has 0 aliphatic carbocycles. The summed E-state index contributed by atoms with van der Waals surface area (Å²) in [7, 11) is 0. The molecule has 0 saturated heterocycles. The van der Waals surface area contributed by atoms with E-state index in [-0.39, 0.29) is 5.69 Å². The summed E-state index contributed by atoms with van der Waals surface area (Å²) in [5.41, 5.74) is 0.709. The highest BCUT2D eigenvalue weighted by molar-refractivity contribution is 6.07. The lowest BCUT2D eigenvalue weighted by Gasteiger charge is -2.02. The third kappa shape index (κ3) is 1.83. The second kappa shape index (κ2) is 4.20. The average Bonchev–Trinajstić information content (AvgIpc) is 2.36. The van der Waals surface area contributed by atoms with Crippen molar-refractivity contribution in [2.24, 2.45) is 0 Å². The number of benzene rings is 1. The van der Waals surface area contributed by atoms with Gasteiger partial charge in [-0.25, -0.2) is 4.98 Å². The van der Waals surface area contributed by atoms with E-state index in [1.165, 1.54) is 12.4 Å². The molecule has 0 aliphatic rings. The fourth-order valence-corrected chi connectivity index (χ4v) is 1.40. The van der Waals surface area contributed by atoms with Crippen molar-refractivity contribution in [1.29, 1.82) is 0 Å². The van der Waals surface area contributed by atoms with Crippen LogP contribution in [0.2, 0.25) is 0 Å². The minimum Gasteiger partial charge on any atom is -0.377 e. The van der Waals surface area contributed by atoms with Crippen LogP contribution >= 0.6 is 0 Å². The van der Waals surface area contributed by atoms with Crippen molar-refractivity contribution < 1.29 is 14.7 Å². The quantitative estimate of drug-likeness (QED) is 0.608. The molecule has 0 amide bonds. The zero-order valence-corrected chi connectivity index (χ0v) is 8.25. The summed E-state index contributed by atoms with van der Waals surface area (Å²) in [4.78, 5) is 25.7. The Morgan fingerprint density at radius 1 is 1.25 bits per heavy atom. The number of fused-ring (bicyclic) bond motifs is 1. The predicted molar refractivity (Wildman–Crippen MR) is 57.8 cm³/mol. The van der Waals surface area contributed by atoms with Gasteiger partial charge >= 0.3 is 0 Å². The number of pyridine rings is 1. The lowest BCUT2D eigenvalue weighted by Crippen LogP contribution is -2.22. The number of aromatic nitrogens is 1. The number of hydrogen-bond donors (Lipinski definition) is 1. The first-order valence-corrected chi connectivity index (χ1v) is 4.68. The number of para-hydroxylation sites is 1. The standard InChI is InChI=1S/C12H8NO3/c14-7-11(15)12(16)10-6-5-8-3-1-2-4-9(8)13-10/h1-6,11,15H. The lowest BCUT2D eigenvalue weighted by molar-refractivity contribution is 0.0836. The molecule has 0 fully saturated rings. The van der Waals surface area contributed by atoms with Crippen LogP contribution in [0.5, 0.6) is 0 Å². The monoisotopic (exact) mass is 214 g/mol. The Kier molecular flexibility index (Phi) is 2.74. The molecule has 79 valence electrons. The van der Waals surface area contributed by atoms with Crippen LogP contribution in [-0.2, 0) is 4.79 Å². The van der Waals surface area contributed by atoms with Gasteiger partial charge in [0.15, 0.2) is 6.10 Å². The largest absolute Gasteiger partial charge is 0.377 e. The van der Waals surface area contributed by atoms with Gasteiger partial charge in [0.25, 0.3) is 0 Å². The summed E-state index contributed by atoms with van der Waals surface area (Å²) >= 11 is 0. The maximum Gasteiger partial charge on any atom is 0.238 e. The summed E-state index contributed by atoms with van der Waals surface area (Å²) in [6.45, 7) is 0. The molecule has 0 saturated carbocycles. The molecule has 16 heavy (non-hydrogen) atoms. The number of nitrogens with zero attached hydrogens (tertiary/aromatic N) is 1. The molecule has 2 aromatic rings. The molecule has 1 radical (unpaired) electrons. The van der Waals surface area contributed by atoms with Gasteiger partial charge < -0.3 is 5.11 Å². The molecule has 1 N–H and O–H groups in total. The lowest BCUT2D eigenvalue weighted by atomic mass is 10.1. The molecule has 1 heterocycles. The van der Waals surface area contributed by atoms with E-state index in [9.17, 15) is 9.59 Å². The van der Waals surface area contributed by atoms with Gasteiger partial charge in [-0.1, -0.05) is 24.3 Å². The van der Waals surface area contributed by atoms with Crippen molar-refractivity contribution in [1.82, 2.24) is 4.98 Å². The molecule has 4 heteroatoms. The first-order chi connectivity index (χ1) is 7.72. The topological polar surface area (TPSA) is 67.3 Å². The number of aliphatic hydroxyl groups excluding tert-OH is 1. The molecular weight excluding hydrogens is 206 g/mol. The van der Waals surface area contributed by atoms with Crippen LogP contribution in [0, 0.1) is 0 Å². The second-order valence-corrected chi connectivity index (χ2v) is 3.27. The fraction of sp³-hybridized carbons (Fsp3) is 0.0833. The number of rotatable bonds is 3. The van der Waals surface area contributed by atoms with Crippen LogP contribution < -0.4 is 0 Å². The Labute approximate surface area is 91.5 Å². The molecule has 1 unspecified atom stereocenters. The second-order valence-electron chi connectivity index (χ2n) is 3.27. The van der Waals surface area contributed by atoms with Crippen LogP contribution in [0.15, 0.2) is 36.4 Å². The van der Waals surface area contributed by atoms with E-state index in [1.807, 2.05) is 12.1 Å². The van der Waals surface area contributed by atoms with Crippen LogP contribution in [0.25, 0.3) is 10.9 Å². The van der Waals surface area contributed by atoms with Crippen molar-refractivity contribution in [2.45, 2.75) is 6.10 Å². The summed E-state index contributed by atoms with van der Waals surface area (Å²) in [5, 5.41) is 9.93. The van der Waals surface area contributed by atoms with Crippen molar-refractivity contribution in [2.75, 3.05) is 0 Å². The molecule has 2 rings (SSSR count). The first kappa shape index (κ1) is 10.4. The molecule has 0 spiro atoms.